The first-order chi connectivity index (χ1) is 8.74. The number of esters is 2. The van der Waals surface area contributed by atoms with Crippen LogP contribution < -0.4 is 4.74 Å². The van der Waals surface area contributed by atoms with Crippen molar-refractivity contribution in [2.24, 2.45) is 0 Å². The van der Waals surface area contributed by atoms with E-state index in [-0.39, 0.29) is 11.3 Å². The zero-order chi connectivity index (χ0) is 14.6. The Morgan fingerprint density at radius 2 is 1.89 bits per heavy atom. The van der Waals surface area contributed by atoms with Gasteiger partial charge < -0.3 is 9.47 Å². The molecule has 0 atom stereocenters. The zero-order valence-corrected chi connectivity index (χ0v) is 11.6. The molecule has 0 aromatic heterocycles. The Labute approximate surface area is 113 Å². The second-order valence-electron chi connectivity index (χ2n) is 5.02. The number of hydrogen-bond donors (Lipinski definition) is 0. The molecule has 102 valence electrons. The minimum Gasteiger partial charge on any atom is -0.456 e. The predicted octanol–water partition coefficient (Wildman–Crippen LogP) is 3.21. The van der Waals surface area contributed by atoms with Crippen LogP contribution in [0.5, 0.6) is 5.75 Å². The fourth-order valence-corrected chi connectivity index (χ4v) is 1.47. The molecule has 0 saturated heterocycles. The molecule has 0 N–H and O–H groups in total. The van der Waals surface area contributed by atoms with Gasteiger partial charge in [-0.15, -0.1) is 0 Å². The number of para-hydroxylation sites is 1. The first-order valence-electron chi connectivity index (χ1n) is 5.92. The predicted molar refractivity (Wildman–Crippen MR) is 73.0 cm³/mol. The highest BCUT2D eigenvalue weighted by molar-refractivity contribution is 5.95. The maximum absolute atomic E-state index is 12.1. The molecule has 4 heteroatoms. The third kappa shape index (κ3) is 4.25. The van der Waals surface area contributed by atoms with E-state index in [1.54, 1.807) is 39.0 Å². The quantitative estimate of drug-likeness (QED) is 0.620. The molecule has 0 bridgehead atoms. The van der Waals surface area contributed by atoms with Gasteiger partial charge in [0, 0.05) is 12.5 Å². The summed E-state index contributed by atoms with van der Waals surface area (Å²) in [5.74, 6) is -0.856. The molecule has 0 aliphatic rings. The van der Waals surface area contributed by atoms with Crippen LogP contribution in [0.15, 0.2) is 24.8 Å². The first kappa shape index (κ1) is 15.0. The Bertz CT molecular complexity index is 509. The van der Waals surface area contributed by atoms with E-state index in [0.29, 0.717) is 5.56 Å². The van der Waals surface area contributed by atoms with E-state index in [2.05, 4.69) is 6.58 Å². The summed E-state index contributed by atoms with van der Waals surface area (Å²) in [6.45, 7) is 10.2. The Hall–Kier alpha value is -2.10. The Kier molecular flexibility index (Phi) is 4.48. The Morgan fingerprint density at radius 3 is 2.37 bits per heavy atom. The molecule has 1 aromatic rings. The molecule has 0 unspecified atom stereocenters. The second kappa shape index (κ2) is 5.69. The summed E-state index contributed by atoms with van der Waals surface area (Å²) in [6, 6.07) is 4.95. The van der Waals surface area contributed by atoms with Crippen LogP contribution >= 0.6 is 0 Å². The average molecular weight is 262 g/mol. The van der Waals surface area contributed by atoms with Gasteiger partial charge in [-0.2, -0.15) is 0 Å². The standard InChI is InChI=1S/C15H18O4/c1-6-11-8-7-9-12(13(11)18-10(2)16)14(17)19-15(3,4)5/h6-9H,1H2,2-5H3. The van der Waals surface area contributed by atoms with Gasteiger partial charge in [0.2, 0.25) is 0 Å². The van der Waals surface area contributed by atoms with Crippen molar-refractivity contribution in [3.8, 4) is 5.75 Å². The van der Waals surface area contributed by atoms with Crippen LogP contribution in [0.25, 0.3) is 6.08 Å². The van der Waals surface area contributed by atoms with Gasteiger partial charge in [0.1, 0.15) is 11.2 Å². The largest absolute Gasteiger partial charge is 0.456 e. The van der Waals surface area contributed by atoms with Crippen LogP contribution in [0.4, 0.5) is 0 Å². The van der Waals surface area contributed by atoms with Crippen molar-refractivity contribution in [1.82, 2.24) is 0 Å². The first-order valence-corrected chi connectivity index (χ1v) is 5.92. The number of carbonyl (C=O) groups excluding carboxylic acids is 2. The minimum absolute atomic E-state index is 0.180. The lowest BCUT2D eigenvalue weighted by Gasteiger charge is -2.20. The summed E-state index contributed by atoms with van der Waals surface area (Å²) in [7, 11) is 0. The number of hydrogen-bond acceptors (Lipinski definition) is 4. The van der Waals surface area contributed by atoms with Gasteiger partial charge in [0.15, 0.2) is 5.75 Å². The molecule has 19 heavy (non-hydrogen) atoms. The smallest absolute Gasteiger partial charge is 0.342 e. The third-order valence-electron chi connectivity index (χ3n) is 2.13. The van der Waals surface area contributed by atoms with Gasteiger partial charge >= 0.3 is 11.9 Å². The molecule has 0 saturated carbocycles. The van der Waals surface area contributed by atoms with E-state index in [0.717, 1.165) is 0 Å². The van der Waals surface area contributed by atoms with Crippen LogP contribution in [0.2, 0.25) is 0 Å². The fourth-order valence-electron chi connectivity index (χ4n) is 1.47. The summed E-state index contributed by atoms with van der Waals surface area (Å²) in [5, 5.41) is 0. The highest BCUT2D eigenvalue weighted by atomic mass is 16.6. The summed E-state index contributed by atoms with van der Waals surface area (Å²) >= 11 is 0. The van der Waals surface area contributed by atoms with Crippen molar-refractivity contribution in [3.05, 3.63) is 35.9 Å². The highest BCUT2D eigenvalue weighted by Crippen LogP contribution is 2.27. The average Bonchev–Trinajstić information content (AvgIpc) is 2.26. The van der Waals surface area contributed by atoms with Crippen LogP contribution in [0.1, 0.15) is 43.6 Å². The van der Waals surface area contributed by atoms with Crippen LogP contribution in [-0.4, -0.2) is 17.5 Å². The van der Waals surface area contributed by atoms with E-state index in [4.69, 9.17) is 9.47 Å². The summed E-state index contributed by atoms with van der Waals surface area (Å²) in [5.41, 5.74) is 0.162. The van der Waals surface area contributed by atoms with Gasteiger partial charge in [0.25, 0.3) is 0 Å². The normalized spacial score (nSPS) is 10.7. The lowest BCUT2D eigenvalue weighted by atomic mass is 10.1. The van der Waals surface area contributed by atoms with Crippen LogP contribution in [-0.2, 0) is 9.53 Å². The summed E-state index contributed by atoms with van der Waals surface area (Å²) in [4.78, 5) is 23.2. The van der Waals surface area contributed by atoms with E-state index in [9.17, 15) is 9.59 Å². The highest BCUT2D eigenvalue weighted by Gasteiger charge is 2.22. The van der Waals surface area contributed by atoms with Crippen molar-refractivity contribution in [1.29, 1.82) is 0 Å². The van der Waals surface area contributed by atoms with Crippen molar-refractivity contribution in [3.63, 3.8) is 0 Å². The molecule has 0 fully saturated rings. The molecular formula is C15H18O4. The van der Waals surface area contributed by atoms with Gasteiger partial charge in [-0.25, -0.2) is 4.79 Å². The number of rotatable bonds is 3. The molecule has 0 radical (unpaired) electrons. The van der Waals surface area contributed by atoms with Crippen molar-refractivity contribution < 1.29 is 19.1 Å². The Morgan fingerprint density at radius 1 is 1.26 bits per heavy atom. The lowest BCUT2D eigenvalue weighted by Crippen LogP contribution is -2.24. The van der Waals surface area contributed by atoms with Gasteiger partial charge in [-0.3, -0.25) is 4.79 Å². The zero-order valence-electron chi connectivity index (χ0n) is 11.6. The minimum atomic E-state index is -0.616. The molecule has 0 heterocycles. The van der Waals surface area contributed by atoms with Gasteiger partial charge in [-0.05, 0) is 26.8 Å². The topological polar surface area (TPSA) is 52.6 Å². The van der Waals surface area contributed by atoms with Crippen molar-refractivity contribution in [2.45, 2.75) is 33.3 Å². The number of ether oxygens (including phenoxy) is 2. The SMILES string of the molecule is C=Cc1cccc(C(=O)OC(C)(C)C)c1OC(C)=O. The molecule has 0 spiro atoms. The molecule has 1 aromatic carbocycles. The summed E-state index contributed by atoms with van der Waals surface area (Å²) in [6.07, 6.45) is 1.52. The maximum Gasteiger partial charge on any atom is 0.342 e. The fraction of sp³-hybridized carbons (Fsp3) is 0.333. The molecule has 1 rings (SSSR count). The monoisotopic (exact) mass is 262 g/mol. The maximum atomic E-state index is 12.1. The van der Waals surface area contributed by atoms with Gasteiger partial charge in [0.05, 0.1) is 0 Å². The second-order valence-corrected chi connectivity index (χ2v) is 5.02. The molecule has 0 aliphatic heterocycles. The summed E-state index contributed by atoms with van der Waals surface area (Å²) < 4.78 is 10.4. The molecule has 0 aliphatic carbocycles. The molecular weight excluding hydrogens is 244 g/mol. The lowest BCUT2D eigenvalue weighted by molar-refractivity contribution is -0.131. The van der Waals surface area contributed by atoms with Crippen molar-refractivity contribution in [2.75, 3.05) is 0 Å². The number of benzene rings is 1. The van der Waals surface area contributed by atoms with Crippen LogP contribution in [0.3, 0.4) is 0 Å². The van der Waals surface area contributed by atoms with E-state index < -0.39 is 17.5 Å². The van der Waals surface area contributed by atoms with E-state index >= 15 is 0 Å². The Balaban J connectivity index is 3.22. The molecule has 0 amide bonds. The van der Waals surface area contributed by atoms with Crippen LogP contribution in [0, 0.1) is 0 Å². The van der Waals surface area contributed by atoms with E-state index in [1.807, 2.05) is 0 Å². The number of carbonyl (C=O) groups is 2. The van der Waals surface area contributed by atoms with E-state index in [1.165, 1.54) is 13.0 Å². The van der Waals surface area contributed by atoms with Gasteiger partial charge in [-0.1, -0.05) is 24.8 Å². The third-order valence-corrected chi connectivity index (χ3v) is 2.13. The van der Waals surface area contributed by atoms with Crippen molar-refractivity contribution >= 4 is 18.0 Å². The molecule has 4 nitrogen and oxygen atoms in total.